The first-order chi connectivity index (χ1) is 13.5. The number of phenolic OH excluding ortho intramolecular Hbond substituents is 1. The van der Waals surface area contributed by atoms with Crippen LogP contribution in [0.15, 0.2) is 53.4 Å². The zero-order chi connectivity index (χ0) is 20.0. The lowest BCUT2D eigenvalue weighted by Crippen LogP contribution is -2.46. The second kappa shape index (κ2) is 9.54. The van der Waals surface area contributed by atoms with E-state index in [1.54, 1.807) is 28.6 Å². The summed E-state index contributed by atoms with van der Waals surface area (Å²) in [6, 6.07) is 14.5. The Hall–Kier alpha value is -1.89. The number of sulfonamides is 1. The number of nitrogens with one attached hydrogen (secondary N) is 1. The molecule has 2 aromatic rings. The summed E-state index contributed by atoms with van der Waals surface area (Å²) in [7, 11) is -3.52. The summed E-state index contributed by atoms with van der Waals surface area (Å²) in [4.78, 5) is 0.382. The van der Waals surface area contributed by atoms with Crippen molar-refractivity contribution in [3.8, 4) is 5.75 Å². The Balaban J connectivity index is 1.76. The van der Waals surface area contributed by atoms with Gasteiger partial charge in [-0.15, -0.1) is 0 Å². The molecule has 0 atom stereocenters. The minimum Gasteiger partial charge on any atom is -0.508 e. The Labute approximate surface area is 168 Å². The van der Waals surface area contributed by atoms with E-state index in [1.165, 1.54) is 0 Å². The second-order valence-electron chi connectivity index (χ2n) is 7.36. The normalized spacial score (nSPS) is 15.8. The van der Waals surface area contributed by atoms with Crippen LogP contribution in [0.3, 0.4) is 0 Å². The van der Waals surface area contributed by atoms with Gasteiger partial charge in [-0.25, -0.2) is 8.42 Å². The first-order valence-corrected chi connectivity index (χ1v) is 11.5. The quantitative estimate of drug-likeness (QED) is 0.711. The first kappa shape index (κ1) is 20.8. The summed E-state index contributed by atoms with van der Waals surface area (Å²) < 4.78 is 28.5. The Bertz CT molecular complexity index is 842. The van der Waals surface area contributed by atoms with Crippen LogP contribution in [0, 0.1) is 0 Å². The fourth-order valence-electron chi connectivity index (χ4n) is 3.73. The van der Waals surface area contributed by atoms with Crippen LogP contribution in [0.5, 0.6) is 5.75 Å². The molecule has 5 nitrogen and oxygen atoms in total. The standard InChI is InChI=1S/C22H30N2O3S/c1-2-18-7-11-22(12-8-18)28(26,27)24(20-13-15-23-16-14-20)17-3-4-19-5-9-21(25)10-6-19/h5-12,20,23,25H,2-4,13-17H2,1H3. The van der Waals surface area contributed by atoms with E-state index in [9.17, 15) is 13.5 Å². The highest BCUT2D eigenvalue weighted by molar-refractivity contribution is 7.89. The van der Waals surface area contributed by atoms with Gasteiger partial charge in [0.1, 0.15) is 5.75 Å². The third-order valence-corrected chi connectivity index (χ3v) is 7.40. The summed E-state index contributed by atoms with van der Waals surface area (Å²) in [6.45, 7) is 4.27. The zero-order valence-corrected chi connectivity index (χ0v) is 17.3. The van der Waals surface area contributed by atoms with Crippen LogP contribution in [0.2, 0.25) is 0 Å². The van der Waals surface area contributed by atoms with E-state index < -0.39 is 10.0 Å². The maximum Gasteiger partial charge on any atom is 0.243 e. The number of benzene rings is 2. The molecule has 0 unspecified atom stereocenters. The van der Waals surface area contributed by atoms with E-state index in [0.29, 0.717) is 11.4 Å². The number of piperidine rings is 1. The number of phenols is 1. The second-order valence-corrected chi connectivity index (χ2v) is 9.25. The molecule has 1 saturated heterocycles. The van der Waals surface area contributed by atoms with Gasteiger partial charge in [0, 0.05) is 12.6 Å². The Morgan fingerprint density at radius 1 is 1.00 bits per heavy atom. The number of aryl methyl sites for hydroxylation is 2. The molecule has 2 N–H and O–H groups in total. The highest BCUT2D eigenvalue weighted by Gasteiger charge is 2.31. The largest absolute Gasteiger partial charge is 0.508 e. The number of aromatic hydroxyl groups is 1. The number of rotatable bonds is 8. The molecule has 28 heavy (non-hydrogen) atoms. The number of nitrogens with zero attached hydrogens (tertiary/aromatic N) is 1. The van der Waals surface area contributed by atoms with Crippen LogP contribution in [-0.2, 0) is 22.9 Å². The predicted molar refractivity (Wildman–Crippen MR) is 112 cm³/mol. The van der Waals surface area contributed by atoms with Gasteiger partial charge in [-0.2, -0.15) is 4.31 Å². The van der Waals surface area contributed by atoms with Crippen molar-refractivity contribution in [3.05, 3.63) is 59.7 Å². The van der Waals surface area contributed by atoms with Crippen LogP contribution in [0.1, 0.15) is 37.3 Å². The summed E-state index contributed by atoms with van der Waals surface area (Å²) >= 11 is 0. The molecular weight excluding hydrogens is 372 g/mol. The molecule has 6 heteroatoms. The molecule has 0 aliphatic carbocycles. The Morgan fingerprint density at radius 3 is 2.21 bits per heavy atom. The van der Waals surface area contributed by atoms with Gasteiger partial charge in [0.05, 0.1) is 4.90 Å². The molecule has 3 rings (SSSR count). The van der Waals surface area contributed by atoms with Gasteiger partial charge in [-0.1, -0.05) is 31.2 Å². The summed E-state index contributed by atoms with van der Waals surface area (Å²) in [5, 5.41) is 12.7. The molecule has 0 aromatic heterocycles. The average molecular weight is 403 g/mol. The molecule has 152 valence electrons. The lowest BCUT2D eigenvalue weighted by molar-refractivity contribution is 0.260. The van der Waals surface area contributed by atoms with Gasteiger partial charge >= 0.3 is 0 Å². The van der Waals surface area contributed by atoms with Gasteiger partial charge in [0.25, 0.3) is 0 Å². The summed E-state index contributed by atoms with van der Waals surface area (Å²) in [5.41, 5.74) is 2.24. The van der Waals surface area contributed by atoms with Gasteiger partial charge in [0.2, 0.25) is 10.0 Å². The van der Waals surface area contributed by atoms with E-state index in [0.717, 1.165) is 56.3 Å². The molecule has 2 aromatic carbocycles. The van der Waals surface area contributed by atoms with Crippen molar-refractivity contribution in [2.24, 2.45) is 0 Å². The van der Waals surface area contributed by atoms with Gasteiger partial charge in [0.15, 0.2) is 0 Å². The van der Waals surface area contributed by atoms with Crippen LogP contribution >= 0.6 is 0 Å². The molecule has 0 spiro atoms. The van der Waals surface area contributed by atoms with Crippen LogP contribution < -0.4 is 5.32 Å². The Morgan fingerprint density at radius 2 is 1.61 bits per heavy atom. The maximum atomic E-state index is 13.4. The smallest absolute Gasteiger partial charge is 0.243 e. The third kappa shape index (κ3) is 5.13. The minimum absolute atomic E-state index is 0.0388. The van der Waals surface area contributed by atoms with Crippen LogP contribution in [0.4, 0.5) is 0 Å². The SMILES string of the molecule is CCc1ccc(S(=O)(=O)N(CCCc2ccc(O)cc2)C2CCNCC2)cc1. The molecule has 1 heterocycles. The number of hydrogen-bond donors (Lipinski definition) is 2. The maximum absolute atomic E-state index is 13.4. The van der Waals surface area contributed by atoms with Crippen molar-refractivity contribution in [2.75, 3.05) is 19.6 Å². The molecule has 0 amide bonds. The van der Waals surface area contributed by atoms with E-state index in [1.807, 2.05) is 24.3 Å². The van der Waals surface area contributed by atoms with Crippen molar-refractivity contribution in [1.82, 2.24) is 9.62 Å². The van der Waals surface area contributed by atoms with E-state index in [-0.39, 0.29) is 11.8 Å². The molecule has 0 saturated carbocycles. The third-order valence-electron chi connectivity index (χ3n) is 5.43. The van der Waals surface area contributed by atoms with Crippen molar-refractivity contribution >= 4 is 10.0 Å². The fourth-order valence-corrected chi connectivity index (χ4v) is 5.45. The summed E-state index contributed by atoms with van der Waals surface area (Å²) in [6.07, 6.45) is 4.11. The van der Waals surface area contributed by atoms with Gasteiger partial charge in [-0.05, 0) is 80.6 Å². The van der Waals surface area contributed by atoms with Crippen LogP contribution in [-0.4, -0.2) is 43.5 Å². The van der Waals surface area contributed by atoms with Crippen LogP contribution in [0.25, 0.3) is 0 Å². The van der Waals surface area contributed by atoms with Crippen molar-refractivity contribution in [2.45, 2.75) is 50.0 Å². The van der Waals surface area contributed by atoms with E-state index in [4.69, 9.17) is 0 Å². The average Bonchev–Trinajstić information content (AvgIpc) is 2.73. The molecule has 0 bridgehead atoms. The summed E-state index contributed by atoms with van der Waals surface area (Å²) in [5.74, 6) is 0.248. The zero-order valence-electron chi connectivity index (χ0n) is 16.5. The van der Waals surface area contributed by atoms with Crippen molar-refractivity contribution in [1.29, 1.82) is 0 Å². The monoisotopic (exact) mass is 402 g/mol. The first-order valence-electron chi connectivity index (χ1n) is 10.1. The Kier molecular flexibility index (Phi) is 7.10. The number of hydrogen-bond acceptors (Lipinski definition) is 4. The van der Waals surface area contributed by atoms with Gasteiger partial charge < -0.3 is 10.4 Å². The molecule has 1 fully saturated rings. The predicted octanol–water partition coefficient (Wildman–Crippen LogP) is 3.33. The minimum atomic E-state index is -3.52. The van der Waals surface area contributed by atoms with Crippen molar-refractivity contribution in [3.63, 3.8) is 0 Å². The topological polar surface area (TPSA) is 69.6 Å². The van der Waals surface area contributed by atoms with E-state index >= 15 is 0 Å². The molecular formula is C22H30N2O3S. The van der Waals surface area contributed by atoms with Crippen molar-refractivity contribution < 1.29 is 13.5 Å². The fraction of sp³-hybridized carbons (Fsp3) is 0.455. The molecule has 1 aliphatic heterocycles. The molecule has 0 radical (unpaired) electrons. The highest BCUT2D eigenvalue weighted by Crippen LogP contribution is 2.24. The lowest BCUT2D eigenvalue weighted by Gasteiger charge is -2.34. The van der Waals surface area contributed by atoms with Gasteiger partial charge in [-0.3, -0.25) is 0 Å². The molecule has 1 aliphatic rings. The highest BCUT2D eigenvalue weighted by atomic mass is 32.2. The lowest BCUT2D eigenvalue weighted by atomic mass is 10.1. The van der Waals surface area contributed by atoms with E-state index in [2.05, 4.69) is 12.2 Å².